The van der Waals surface area contributed by atoms with Gasteiger partial charge in [0.1, 0.15) is 70.8 Å². The van der Waals surface area contributed by atoms with Gasteiger partial charge < -0.3 is 30.0 Å². The van der Waals surface area contributed by atoms with Crippen molar-refractivity contribution < 1.29 is 64.9 Å². The van der Waals surface area contributed by atoms with Crippen LogP contribution in [0.4, 0.5) is 33.3 Å². The van der Waals surface area contributed by atoms with Gasteiger partial charge in [0.05, 0.1) is 108 Å². The van der Waals surface area contributed by atoms with Crippen LogP contribution in [0.3, 0.4) is 0 Å². The smallest absolute Gasteiger partial charge is 0.358 e. The van der Waals surface area contributed by atoms with Crippen LogP contribution in [0.1, 0.15) is 161 Å². The molecule has 0 atom stereocenters. The Morgan fingerprint density at radius 2 is 0.794 bits per heavy atom. The van der Waals surface area contributed by atoms with Crippen molar-refractivity contribution in [3.8, 4) is 52.8 Å². The summed E-state index contributed by atoms with van der Waals surface area (Å²) in [4.78, 5) is 91.7. The monoisotopic (exact) mass is 2060 g/mol. The summed E-state index contributed by atoms with van der Waals surface area (Å²) in [5, 5.41) is 2.77. The number of rotatable bonds is 12. The fourth-order valence-electron chi connectivity index (χ4n) is 14.0. The number of ether oxygens (including phenoxy) is 4. The molecule has 1 amide bonds. The van der Waals surface area contributed by atoms with Crippen LogP contribution in [0.5, 0.6) is 0 Å². The average Bonchev–Trinajstić information content (AvgIpc) is 1.62. The minimum Gasteiger partial charge on any atom is -0.461 e. The van der Waals surface area contributed by atoms with Gasteiger partial charge in [0.15, 0.2) is 22.9 Å². The van der Waals surface area contributed by atoms with Crippen LogP contribution in [0.15, 0.2) is 265 Å². The van der Waals surface area contributed by atoms with Crippen molar-refractivity contribution in [1.82, 2.24) is 28.7 Å². The summed E-state index contributed by atoms with van der Waals surface area (Å²) in [5.41, 5.74) is 25.8. The van der Waals surface area contributed by atoms with Gasteiger partial charge in [-0.3, -0.25) is 43.3 Å². The first-order valence-electron chi connectivity index (χ1n) is 42.8. The molecule has 0 aliphatic carbocycles. The number of hydrogen-bond donors (Lipinski definition) is 2. The number of benzene rings is 10. The molecule has 3 N–H and O–H groups in total. The molecule has 0 radical (unpaired) electrons. The third-order valence-electron chi connectivity index (χ3n) is 20.5. The molecule has 0 spiro atoms. The number of nitrogen functional groups attached to an aromatic ring is 1. The molecule has 0 bridgehead atoms. The molecule has 136 heavy (non-hydrogen) atoms. The van der Waals surface area contributed by atoms with E-state index in [1.165, 1.54) is 55.3 Å². The SMILES string of the molecule is C.C#C[Si](C)(C)C.C#Cc1ccc2c(c1)C(c1ccccc1F)=NCc1c(C(=O)OCC)ncn1-2.C1CCOC1.CCOC(=O)c1ncn2c1CN=C(c1ccccc1F)c1cc(Br)ccc1-2.CCOC(=O)c1ncn2c1CN=C(c1ccccc1F)c1cc(C#C[Si](C)(C)C)ccc1-2.Nc1ccc(Br)cc1C(=O)c1ccccc1F.O=C1CN=C(c2ccccc2F)c2cc(Br)ccc2N1. The van der Waals surface area contributed by atoms with Crippen molar-refractivity contribution in [3.05, 3.63) is 375 Å². The molecule has 3 aromatic heterocycles. The van der Waals surface area contributed by atoms with E-state index in [2.05, 4.69) is 145 Å². The van der Waals surface area contributed by atoms with Crippen molar-refractivity contribution in [1.29, 1.82) is 0 Å². The highest BCUT2D eigenvalue weighted by Gasteiger charge is 2.32. The predicted octanol–water partition coefficient (Wildman–Crippen LogP) is 22.3. The summed E-state index contributed by atoms with van der Waals surface area (Å²) in [5.74, 6) is 1.76. The summed E-state index contributed by atoms with van der Waals surface area (Å²) in [6.07, 6.45) is 18.0. The largest absolute Gasteiger partial charge is 0.461 e. The van der Waals surface area contributed by atoms with Crippen LogP contribution in [0, 0.1) is 64.9 Å². The maximum atomic E-state index is 14.8. The van der Waals surface area contributed by atoms with E-state index in [4.69, 9.17) is 42.5 Å². The fourth-order valence-corrected chi connectivity index (χ4v) is 15.6. The molecule has 31 heteroatoms. The van der Waals surface area contributed by atoms with E-state index in [-0.39, 0.29) is 105 Å². The molecule has 5 aliphatic heterocycles. The summed E-state index contributed by atoms with van der Waals surface area (Å²) in [6, 6.07) is 59.0. The highest BCUT2D eigenvalue weighted by atomic mass is 79.9. The van der Waals surface area contributed by atoms with Crippen LogP contribution in [-0.4, -0.2) is 137 Å². The summed E-state index contributed by atoms with van der Waals surface area (Å²) in [7, 11) is -2.67. The van der Waals surface area contributed by atoms with Gasteiger partial charge >= 0.3 is 17.9 Å². The molecule has 0 saturated carbocycles. The van der Waals surface area contributed by atoms with E-state index in [0.29, 0.717) is 95.8 Å². The molecule has 5 aliphatic rings. The van der Waals surface area contributed by atoms with Gasteiger partial charge in [0.2, 0.25) is 5.91 Å². The predicted molar refractivity (Wildman–Crippen MR) is 539 cm³/mol. The van der Waals surface area contributed by atoms with Gasteiger partial charge in [0.25, 0.3) is 0 Å². The lowest BCUT2D eigenvalue weighted by atomic mass is 9.98. The molecule has 18 rings (SSSR count). The van der Waals surface area contributed by atoms with E-state index in [9.17, 15) is 45.9 Å². The second-order valence-corrected chi connectivity index (χ2v) is 44.5. The normalized spacial score (nSPS) is 12.7. The van der Waals surface area contributed by atoms with Gasteiger partial charge in [-0.25, -0.2) is 51.3 Å². The van der Waals surface area contributed by atoms with Crippen molar-refractivity contribution in [2.24, 2.45) is 20.0 Å². The number of benzodiazepines with no additional fused rings is 1. The molecular formula is C105H96Br3F5N12O9Si2. The second-order valence-electron chi connectivity index (χ2n) is 32.2. The quantitative estimate of drug-likeness (QED) is 0.0219. The number of esters is 3. The Labute approximate surface area is 813 Å². The minimum atomic E-state index is -1.57. The zero-order valence-electron chi connectivity index (χ0n) is 75.1. The van der Waals surface area contributed by atoms with E-state index < -0.39 is 45.7 Å². The zero-order chi connectivity index (χ0) is 96.8. The van der Waals surface area contributed by atoms with Gasteiger partial charge in [0, 0.05) is 93.5 Å². The van der Waals surface area contributed by atoms with Gasteiger partial charge in [-0.2, -0.15) is 0 Å². The van der Waals surface area contributed by atoms with Gasteiger partial charge in [-0.05, 0) is 185 Å². The number of aromatic nitrogens is 6. The maximum Gasteiger partial charge on any atom is 0.358 e. The van der Waals surface area contributed by atoms with Crippen LogP contribution in [0.25, 0.3) is 17.1 Å². The number of anilines is 2. The van der Waals surface area contributed by atoms with Crippen molar-refractivity contribution >= 4 is 128 Å². The minimum absolute atomic E-state index is 0. The van der Waals surface area contributed by atoms with Crippen molar-refractivity contribution in [3.63, 3.8) is 0 Å². The summed E-state index contributed by atoms with van der Waals surface area (Å²) < 4.78 is 99.4. The fraction of sp³-hybridized carbons (Fsp3) is 0.200. The van der Waals surface area contributed by atoms with Crippen molar-refractivity contribution in [2.45, 2.75) is 100.0 Å². The van der Waals surface area contributed by atoms with E-state index >= 15 is 0 Å². The van der Waals surface area contributed by atoms with E-state index in [0.717, 1.165) is 60.4 Å². The number of fused-ring (bicyclic) bond motifs is 10. The van der Waals surface area contributed by atoms with Crippen LogP contribution < -0.4 is 11.1 Å². The van der Waals surface area contributed by atoms with Crippen LogP contribution >= 0.6 is 47.8 Å². The van der Waals surface area contributed by atoms with E-state index in [1.807, 2.05) is 63.7 Å². The van der Waals surface area contributed by atoms with Crippen LogP contribution in [0.2, 0.25) is 39.3 Å². The van der Waals surface area contributed by atoms with Gasteiger partial charge in [-0.1, -0.05) is 167 Å². The first-order chi connectivity index (χ1) is 64.8. The lowest BCUT2D eigenvalue weighted by Gasteiger charge is -2.13. The number of amides is 1. The molecule has 0 unspecified atom stereocenters. The second kappa shape index (κ2) is 47.3. The third-order valence-corrected chi connectivity index (χ3v) is 23.7. The first kappa shape index (κ1) is 103. The van der Waals surface area contributed by atoms with Crippen molar-refractivity contribution in [2.75, 3.05) is 50.6 Å². The first-order valence-corrected chi connectivity index (χ1v) is 52.2. The standard InChI is InChI=1S/C25H24FN3O2Si.C22H16FN3O2.C20H15BrFN3O2.C15H10BrFN2O.C13H9BrFNO.C5H10Si.C4H8O.CH4/c1-5-31-25(30)24-22-15-27-23(18-8-6-7-9-20(18)26)19-14-17(12-13-32(2,3)4)10-11-21(19)29(22)16-28-24;1-3-14-9-10-18-16(11-14)20(15-7-5-6-8-17(15)23)24-12-19-21(22(27)28-4-2)25-13-26(18)19;1-2-27-20(26)19-17-10-23-18(13-5-3-4-6-15(13)22)14-9-12(21)7-8-16(14)25(17)11-24-19;16-9-5-6-13-11(7-9)15(18-8-14(20)19-13)10-3-1-2-4-12(10)17;14-8-5-6-12(16)10(7-8)13(17)9-3-1-2-4-11(9)15;1-5-6(2,3)4;1-2-4-5-3-1;/h6-11,14,16H,5,15H2,1-4H3;1,5-11,13H,4,12H2,2H3;3-9,11H,2,10H2,1H3;1-7H,8H2,(H,19,20);1-7H,16H2;1H,2-4H3;1-4H2;1H4. The number of carbonyl (C=O) groups excluding carboxylic acids is 5. The molecule has 13 aromatic rings. The highest BCUT2D eigenvalue weighted by Crippen LogP contribution is 2.35. The number of aliphatic imine (C=N–C) groups is 4. The number of halogens is 8. The highest BCUT2D eigenvalue weighted by molar-refractivity contribution is 9.11. The molecule has 694 valence electrons. The number of nitrogens with two attached hydrogens (primary N) is 1. The number of ketones is 1. The summed E-state index contributed by atoms with van der Waals surface area (Å²) >= 11 is 10.1. The van der Waals surface area contributed by atoms with E-state index in [1.54, 1.807) is 160 Å². The lowest BCUT2D eigenvalue weighted by Crippen LogP contribution is -2.16. The lowest BCUT2D eigenvalue weighted by molar-refractivity contribution is -0.114. The Bertz CT molecular complexity index is 6960. The number of terminal acetylenes is 2. The Balaban J connectivity index is 0.000000160. The number of nitrogens with zero attached hydrogens (tertiary/aromatic N) is 10. The van der Waals surface area contributed by atoms with Gasteiger partial charge in [-0.15, -0.1) is 23.9 Å². The molecule has 1 saturated heterocycles. The third kappa shape index (κ3) is 25.5. The number of hydrogen-bond acceptors (Lipinski definition) is 17. The Kier molecular flexibility index (Phi) is 35.6. The Morgan fingerprint density at radius 3 is 1.18 bits per heavy atom. The molecule has 10 aromatic carbocycles. The molecule has 8 heterocycles. The Hall–Kier alpha value is -14.0. The zero-order valence-corrected chi connectivity index (χ0v) is 81.9. The number of carbonyl (C=O) groups is 5. The number of imidazole rings is 3. The Morgan fingerprint density at radius 1 is 0.441 bits per heavy atom. The molecule has 21 nitrogen and oxygen atoms in total. The van der Waals surface area contributed by atoms with Crippen LogP contribution in [-0.2, 0) is 43.4 Å². The molecule has 1 fully saturated rings. The number of nitrogens with one attached hydrogen (secondary N) is 1. The molecular weight excluding hydrogens is 1960 g/mol. The maximum absolute atomic E-state index is 14.8. The summed E-state index contributed by atoms with van der Waals surface area (Å²) in [6.45, 7) is 21.5. The topological polar surface area (TPSA) is 263 Å². The average molecular weight is 2060 g/mol.